The number of nitrogens with two attached hydrogens (primary N) is 1. The smallest absolute Gasteiger partial charge is 0.191 e. The van der Waals surface area contributed by atoms with Crippen LogP contribution in [0.4, 0.5) is 11.6 Å². The van der Waals surface area contributed by atoms with E-state index in [4.69, 9.17) is 17.3 Å². The number of benzene rings is 1. The van der Waals surface area contributed by atoms with Crippen molar-refractivity contribution >= 4 is 35.0 Å². The fourth-order valence-corrected chi connectivity index (χ4v) is 2.30. The highest BCUT2D eigenvalue weighted by Gasteiger charge is 2.07. The van der Waals surface area contributed by atoms with Crippen LogP contribution in [0.2, 0.25) is 5.02 Å². The van der Waals surface area contributed by atoms with Crippen LogP contribution in [0.25, 0.3) is 0 Å². The molecule has 2 aromatic rings. The van der Waals surface area contributed by atoms with Gasteiger partial charge < -0.3 is 10.6 Å². The van der Waals surface area contributed by atoms with E-state index in [1.807, 2.05) is 42.5 Å². The zero-order valence-corrected chi connectivity index (χ0v) is 12.4. The molecule has 0 aliphatic heterocycles. The topological polar surface area (TPSA) is 55.0 Å². The Morgan fingerprint density at radius 2 is 2.11 bits per heavy atom. The minimum absolute atomic E-state index is 0.479. The van der Waals surface area contributed by atoms with E-state index in [1.165, 1.54) is 11.8 Å². The van der Waals surface area contributed by atoms with Gasteiger partial charge in [0.2, 0.25) is 0 Å². The van der Waals surface area contributed by atoms with Gasteiger partial charge in [0, 0.05) is 24.7 Å². The van der Waals surface area contributed by atoms with Crippen LogP contribution >= 0.6 is 23.4 Å². The summed E-state index contributed by atoms with van der Waals surface area (Å²) in [5.74, 6) is 1.28. The number of anilines is 2. The van der Waals surface area contributed by atoms with Gasteiger partial charge in [-0.3, -0.25) is 0 Å². The van der Waals surface area contributed by atoms with E-state index in [-0.39, 0.29) is 0 Å². The summed E-state index contributed by atoms with van der Waals surface area (Å²) < 4.78 is 0. The highest BCUT2D eigenvalue weighted by atomic mass is 35.5. The Morgan fingerprint density at radius 3 is 2.79 bits per heavy atom. The molecule has 2 N–H and O–H groups in total. The molecule has 0 radical (unpaired) electrons. The highest BCUT2D eigenvalue weighted by molar-refractivity contribution is 7.98. The van der Waals surface area contributed by atoms with Crippen molar-refractivity contribution in [2.75, 3.05) is 23.9 Å². The third kappa shape index (κ3) is 3.75. The molecule has 4 nitrogen and oxygen atoms in total. The van der Waals surface area contributed by atoms with Gasteiger partial charge in [0.15, 0.2) is 5.16 Å². The average Bonchev–Trinajstić information content (AvgIpc) is 2.38. The number of hydrogen-bond acceptors (Lipinski definition) is 5. The van der Waals surface area contributed by atoms with Crippen molar-refractivity contribution in [2.24, 2.45) is 0 Å². The fraction of sp³-hybridized carbons (Fsp3) is 0.231. The van der Waals surface area contributed by atoms with Gasteiger partial charge in [-0.25, -0.2) is 9.97 Å². The summed E-state index contributed by atoms with van der Waals surface area (Å²) in [6.45, 7) is 0.713. The summed E-state index contributed by atoms with van der Waals surface area (Å²) in [5, 5.41) is 1.41. The summed E-state index contributed by atoms with van der Waals surface area (Å²) >= 11 is 7.45. The number of rotatable bonds is 4. The quantitative estimate of drug-likeness (QED) is 0.694. The molecule has 0 aliphatic rings. The Hall–Kier alpha value is -1.46. The zero-order valence-electron chi connectivity index (χ0n) is 10.8. The predicted molar refractivity (Wildman–Crippen MR) is 81.8 cm³/mol. The van der Waals surface area contributed by atoms with E-state index in [1.54, 1.807) is 6.07 Å². The molecule has 100 valence electrons. The first-order valence-corrected chi connectivity index (χ1v) is 7.33. The molecule has 19 heavy (non-hydrogen) atoms. The van der Waals surface area contributed by atoms with E-state index >= 15 is 0 Å². The van der Waals surface area contributed by atoms with Crippen LogP contribution < -0.4 is 10.6 Å². The molecule has 0 spiro atoms. The fourth-order valence-electron chi connectivity index (χ4n) is 1.71. The molecule has 0 unspecified atom stereocenters. The van der Waals surface area contributed by atoms with Crippen molar-refractivity contribution in [1.82, 2.24) is 9.97 Å². The second kappa shape index (κ2) is 6.12. The lowest BCUT2D eigenvalue weighted by Crippen LogP contribution is -2.18. The molecule has 0 atom stereocenters. The molecule has 1 aromatic carbocycles. The van der Waals surface area contributed by atoms with Crippen LogP contribution in [0.15, 0.2) is 35.5 Å². The van der Waals surface area contributed by atoms with Gasteiger partial charge in [0.1, 0.15) is 11.6 Å². The van der Waals surface area contributed by atoms with Crippen LogP contribution in [0.1, 0.15) is 5.56 Å². The summed E-state index contributed by atoms with van der Waals surface area (Å²) in [4.78, 5) is 10.6. The number of nitrogen functional groups attached to an aromatic ring is 1. The Morgan fingerprint density at radius 1 is 1.32 bits per heavy atom. The highest BCUT2D eigenvalue weighted by Crippen LogP contribution is 2.20. The molecule has 0 fully saturated rings. The van der Waals surface area contributed by atoms with Gasteiger partial charge in [0.25, 0.3) is 0 Å². The Kier molecular flexibility index (Phi) is 4.50. The maximum absolute atomic E-state index is 5.98. The molecule has 0 saturated heterocycles. The molecular formula is C13H15ClN4S. The van der Waals surface area contributed by atoms with Crippen LogP contribution in [-0.4, -0.2) is 23.3 Å². The summed E-state index contributed by atoms with van der Waals surface area (Å²) in [5.41, 5.74) is 6.90. The summed E-state index contributed by atoms with van der Waals surface area (Å²) in [6, 6.07) is 9.54. The lowest BCUT2D eigenvalue weighted by molar-refractivity contribution is 0.860. The van der Waals surface area contributed by atoms with Crippen molar-refractivity contribution < 1.29 is 0 Å². The second-order valence-corrected chi connectivity index (χ2v) is 5.33. The zero-order chi connectivity index (χ0) is 13.8. The van der Waals surface area contributed by atoms with E-state index < -0.39 is 0 Å². The lowest BCUT2D eigenvalue weighted by Gasteiger charge is -2.19. The van der Waals surface area contributed by atoms with Crippen molar-refractivity contribution in [1.29, 1.82) is 0 Å². The SMILES string of the molecule is CSc1nc(N)cc(N(C)Cc2cccc(Cl)c2)n1. The van der Waals surface area contributed by atoms with Crippen LogP contribution in [-0.2, 0) is 6.54 Å². The van der Waals surface area contributed by atoms with E-state index in [9.17, 15) is 0 Å². The first kappa shape index (κ1) is 14.0. The average molecular weight is 295 g/mol. The van der Waals surface area contributed by atoms with Crippen LogP contribution in [0.3, 0.4) is 0 Å². The monoisotopic (exact) mass is 294 g/mol. The molecule has 1 heterocycles. The van der Waals surface area contributed by atoms with E-state index in [2.05, 4.69) is 9.97 Å². The largest absolute Gasteiger partial charge is 0.383 e. The van der Waals surface area contributed by atoms with Gasteiger partial charge in [-0.15, -0.1) is 0 Å². The third-order valence-corrected chi connectivity index (χ3v) is 3.38. The van der Waals surface area contributed by atoms with Gasteiger partial charge in [-0.2, -0.15) is 0 Å². The normalized spacial score (nSPS) is 10.5. The van der Waals surface area contributed by atoms with Crippen molar-refractivity contribution in [2.45, 2.75) is 11.7 Å². The number of halogens is 1. The summed E-state index contributed by atoms with van der Waals surface area (Å²) in [7, 11) is 1.97. The minimum Gasteiger partial charge on any atom is -0.383 e. The number of hydrogen-bond donors (Lipinski definition) is 1. The minimum atomic E-state index is 0.479. The third-order valence-electron chi connectivity index (χ3n) is 2.59. The van der Waals surface area contributed by atoms with Crippen LogP contribution in [0.5, 0.6) is 0 Å². The van der Waals surface area contributed by atoms with Crippen molar-refractivity contribution in [3.63, 3.8) is 0 Å². The van der Waals surface area contributed by atoms with Gasteiger partial charge >= 0.3 is 0 Å². The maximum Gasteiger partial charge on any atom is 0.191 e. The lowest BCUT2D eigenvalue weighted by atomic mass is 10.2. The molecular weight excluding hydrogens is 280 g/mol. The molecule has 2 rings (SSSR count). The second-order valence-electron chi connectivity index (χ2n) is 4.12. The Bertz CT molecular complexity index is 576. The Labute approximate surface area is 122 Å². The van der Waals surface area contributed by atoms with Crippen molar-refractivity contribution in [3.8, 4) is 0 Å². The Balaban J connectivity index is 2.20. The predicted octanol–water partition coefficient (Wildman–Crippen LogP) is 3.07. The first-order valence-electron chi connectivity index (χ1n) is 5.72. The van der Waals surface area contributed by atoms with Crippen LogP contribution in [0, 0.1) is 0 Å². The van der Waals surface area contributed by atoms with Crippen molar-refractivity contribution in [3.05, 3.63) is 40.9 Å². The van der Waals surface area contributed by atoms with Gasteiger partial charge in [0.05, 0.1) is 0 Å². The molecule has 0 aliphatic carbocycles. The standard InChI is InChI=1S/C13H15ClN4S/c1-18(8-9-4-3-5-10(14)6-9)12-7-11(15)16-13(17-12)19-2/h3-7H,8H2,1-2H3,(H2,15,16,17). The number of nitrogens with zero attached hydrogens (tertiary/aromatic N) is 3. The first-order chi connectivity index (χ1) is 9.08. The number of thioether (sulfide) groups is 1. The van der Waals surface area contributed by atoms with Gasteiger partial charge in [-0.1, -0.05) is 35.5 Å². The maximum atomic E-state index is 5.98. The molecule has 6 heteroatoms. The number of aromatic nitrogens is 2. The summed E-state index contributed by atoms with van der Waals surface area (Å²) in [6.07, 6.45) is 1.93. The van der Waals surface area contributed by atoms with E-state index in [0.29, 0.717) is 17.5 Å². The molecule has 0 bridgehead atoms. The van der Waals surface area contributed by atoms with E-state index in [0.717, 1.165) is 16.4 Å². The van der Waals surface area contributed by atoms with Gasteiger partial charge in [-0.05, 0) is 24.0 Å². The molecule has 0 saturated carbocycles. The molecule has 0 amide bonds. The molecule has 1 aromatic heterocycles.